The minimum absolute atomic E-state index is 0.147. The van der Waals surface area contributed by atoms with Gasteiger partial charge in [-0.2, -0.15) is 5.10 Å². The monoisotopic (exact) mass is 443 g/mol. The van der Waals surface area contributed by atoms with Crippen LogP contribution in [0, 0.1) is 0 Å². The molecule has 0 fully saturated rings. The summed E-state index contributed by atoms with van der Waals surface area (Å²) in [6.45, 7) is 0.147. The third-order valence-corrected chi connectivity index (χ3v) is 5.09. The molecule has 7 heteroatoms. The number of aromatic nitrogens is 3. The van der Waals surface area contributed by atoms with Gasteiger partial charge < -0.3 is 9.67 Å². The van der Waals surface area contributed by atoms with Crippen molar-refractivity contribution < 1.29 is 5.11 Å². The first-order valence-electron chi connectivity index (χ1n) is 8.29. The first-order valence-corrected chi connectivity index (χ1v) is 9.47. The van der Waals surface area contributed by atoms with E-state index in [1.165, 1.54) is 4.57 Å². The molecule has 4 rings (SSSR count). The zero-order valence-electron chi connectivity index (χ0n) is 14.1. The molecule has 0 amide bonds. The lowest BCUT2D eigenvalue weighted by Gasteiger charge is -2.13. The molecule has 5 nitrogen and oxygen atoms in total. The Morgan fingerprint density at radius 1 is 1.11 bits per heavy atom. The van der Waals surface area contributed by atoms with Gasteiger partial charge in [0.25, 0.3) is 5.56 Å². The highest BCUT2D eigenvalue weighted by Crippen LogP contribution is 2.22. The van der Waals surface area contributed by atoms with Crippen molar-refractivity contribution >= 4 is 33.0 Å². The number of hydrogen-bond donors (Lipinski definition) is 1. The Bertz CT molecular complexity index is 1170. The van der Waals surface area contributed by atoms with Crippen molar-refractivity contribution in [2.75, 3.05) is 0 Å². The van der Waals surface area contributed by atoms with Gasteiger partial charge in [-0.3, -0.25) is 4.79 Å². The van der Waals surface area contributed by atoms with Crippen LogP contribution in [0.5, 0.6) is 0 Å². The largest absolute Gasteiger partial charge is 0.387 e. The van der Waals surface area contributed by atoms with E-state index < -0.39 is 6.10 Å². The van der Waals surface area contributed by atoms with Gasteiger partial charge in [0.15, 0.2) is 0 Å². The molecule has 4 aromatic rings. The van der Waals surface area contributed by atoms with E-state index in [4.69, 9.17) is 11.6 Å². The van der Waals surface area contributed by atoms with Crippen LogP contribution < -0.4 is 5.56 Å². The predicted molar refractivity (Wildman–Crippen MR) is 109 cm³/mol. The Kier molecular flexibility index (Phi) is 4.86. The van der Waals surface area contributed by atoms with E-state index in [0.717, 1.165) is 10.0 Å². The van der Waals surface area contributed by atoms with Crippen LogP contribution in [0.3, 0.4) is 0 Å². The smallest absolute Gasteiger partial charge is 0.276 e. The van der Waals surface area contributed by atoms with E-state index in [1.54, 1.807) is 47.2 Å². The molecule has 0 spiro atoms. The normalized spacial score (nSPS) is 12.4. The number of fused-ring (bicyclic) bond motifs is 1. The molecular weight excluding hydrogens is 430 g/mol. The van der Waals surface area contributed by atoms with Crippen LogP contribution in [0.4, 0.5) is 0 Å². The fraction of sp³-hybridized carbons (Fsp3) is 0.100. The van der Waals surface area contributed by atoms with Crippen LogP contribution in [0.25, 0.3) is 16.8 Å². The van der Waals surface area contributed by atoms with Crippen molar-refractivity contribution in [3.8, 4) is 11.3 Å². The number of halogens is 2. The van der Waals surface area contributed by atoms with Gasteiger partial charge >= 0.3 is 0 Å². The summed E-state index contributed by atoms with van der Waals surface area (Å²) in [5, 5.41) is 15.5. The minimum atomic E-state index is -0.810. The zero-order chi connectivity index (χ0) is 19.0. The first kappa shape index (κ1) is 18.0. The summed E-state index contributed by atoms with van der Waals surface area (Å²) in [6.07, 6.45) is 2.54. The molecular formula is C20H15BrClN3O2. The average molecular weight is 445 g/mol. The quantitative estimate of drug-likeness (QED) is 0.510. The van der Waals surface area contributed by atoms with Crippen molar-refractivity contribution in [1.29, 1.82) is 0 Å². The molecule has 27 heavy (non-hydrogen) atoms. The van der Waals surface area contributed by atoms with Crippen LogP contribution in [0.2, 0.25) is 5.02 Å². The third-order valence-electron chi connectivity index (χ3n) is 4.35. The Hall–Kier alpha value is -2.41. The molecule has 2 heterocycles. The number of rotatable bonds is 4. The zero-order valence-corrected chi connectivity index (χ0v) is 16.4. The highest BCUT2D eigenvalue weighted by molar-refractivity contribution is 9.10. The van der Waals surface area contributed by atoms with Gasteiger partial charge in [0.05, 0.1) is 18.3 Å². The Balaban J connectivity index is 1.68. The van der Waals surface area contributed by atoms with E-state index in [0.29, 0.717) is 21.8 Å². The topological polar surface area (TPSA) is 59.5 Å². The molecule has 2 aromatic carbocycles. The molecule has 0 aliphatic carbocycles. The molecule has 0 saturated heterocycles. The van der Waals surface area contributed by atoms with Gasteiger partial charge in [-0.05, 0) is 35.9 Å². The maximum atomic E-state index is 12.8. The van der Waals surface area contributed by atoms with Gasteiger partial charge in [-0.15, -0.1) is 0 Å². The maximum Gasteiger partial charge on any atom is 0.276 e. The highest BCUT2D eigenvalue weighted by atomic mass is 79.9. The Morgan fingerprint density at radius 2 is 1.89 bits per heavy atom. The van der Waals surface area contributed by atoms with Crippen molar-refractivity contribution in [2.45, 2.75) is 12.6 Å². The summed E-state index contributed by atoms with van der Waals surface area (Å²) in [4.78, 5) is 12.8. The van der Waals surface area contributed by atoms with Crippen LogP contribution in [0.15, 0.2) is 76.3 Å². The summed E-state index contributed by atoms with van der Waals surface area (Å²) in [7, 11) is 0. The van der Waals surface area contributed by atoms with Crippen LogP contribution in [0.1, 0.15) is 11.7 Å². The predicted octanol–water partition coefficient (Wildman–Crippen LogP) is 4.31. The van der Waals surface area contributed by atoms with Gasteiger partial charge in [0, 0.05) is 27.5 Å². The summed E-state index contributed by atoms with van der Waals surface area (Å²) < 4.78 is 3.99. The summed E-state index contributed by atoms with van der Waals surface area (Å²) in [5.41, 5.74) is 2.58. The second-order valence-electron chi connectivity index (χ2n) is 6.19. The lowest BCUT2D eigenvalue weighted by Crippen LogP contribution is -2.24. The lowest BCUT2D eigenvalue weighted by molar-refractivity contribution is 0.155. The lowest BCUT2D eigenvalue weighted by atomic mass is 10.1. The van der Waals surface area contributed by atoms with Crippen LogP contribution in [-0.2, 0) is 6.54 Å². The third kappa shape index (κ3) is 3.69. The van der Waals surface area contributed by atoms with Crippen molar-refractivity contribution in [2.24, 2.45) is 0 Å². The molecule has 0 saturated carbocycles. The van der Waals surface area contributed by atoms with E-state index in [9.17, 15) is 9.90 Å². The molecule has 1 atom stereocenters. The first-order chi connectivity index (χ1) is 13.0. The van der Waals surface area contributed by atoms with E-state index in [1.807, 2.05) is 24.3 Å². The van der Waals surface area contributed by atoms with Crippen molar-refractivity contribution in [1.82, 2.24) is 14.2 Å². The SMILES string of the molecule is O=c1c2cc(-c3cccc(Br)c3)nn2ccn1C[C@@H](O)c1ccc(Cl)cc1. The molecule has 136 valence electrons. The second-order valence-corrected chi connectivity index (χ2v) is 7.54. The molecule has 2 aromatic heterocycles. The molecule has 1 N–H and O–H groups in total. The Morgan fingerprint density at radius 3 is 2.63 bits per heavy atom. The number of benzene rings is 2. The number of aliphatic hydroxyl groups excluding tert-OH is 1. The minimum Gasteiger partial charge on any atom is -0.387 e. The van der Waals surface area contributed by atoms with Gasteiger partial charge in [-0.1, -0.05) is 51.8 Å². The van der Waals surface area contributed by atoms with Crippen LogP contribution >= 0.6 is 27.5 Å². The second kappa shape index (κ2) is 7.31. The molecule has 0 aliphatic rings. The van der Waals surface area contributed by atoms with Crippen molar-refractivity contribution in [3.05, 3.63) is 92.4 Å². The van der Waals surface area contributed by atoms with E-state index in [-0.39, 0.29) is 12.1 Å². The van der Waals surface area contributed by atoms with Gasteiger partial charge in [0.2, 0.25) is 0 Å². The fourth-order valence-corrected chi connectivity index (χ4v) is 3.46. The molecule has 0 radical (unpaired) electrons. The summed E-state index contributed by atoms with van der Waals surface area (Å²) >= 11 is 9.33. The number of hydrogen-bond acceptors (Lipinski definition) is 3. The van der Waals surface area contributed by atoms with Crippen LogP contribution in [-0.4, -0.2) is 19.3 Å². The molecule has 0 unspecified atom stereocenters. The molecule has 0 bridgehead atoms. The maximum absolute atomic E-state index is 12.8. The Labute approximate surface area is 168 Å². The molecule has 0 aliphatic heterocycles. The van der Waals surface area contributed by atoms with Crippen molar-refractivity contribution in [3.63, 3.8) is 0 Å². The fourth-order valence-electron chi connectivity index (χ4n) is 2.94. The number of nitrogens with zero attached hydrogens (tertiary/aromatic N) is 3. The van der Waals surface area contributed by atoms with E-state index in [2.05, 4.69) is 21.0 Å². The van der Waals surface area contributed by atoms with Gasteiger partial charge in [0.1, 0.15) is 5.52 Å². The standard InChI is InChI=1S/C20H15BrClN3O2/c21-15-3-1-2-14(10-15)17-11-18-20(27)24(8-9-25(18)23-17)12-19(26)13-4-6-16(22)7-5-13/h1-11,19,26H,12H2/t19-/m1/s1. The van der Waals surface area contributed by atoms with Gasteiger partial charge in [-0.25, -0.2) is 4.52 Å². The number of aliphatic hydroxyl groups is 1. The summed E-state index contributed by atoms with van der Waals surface area (Å²) in [5.74, 6) is 0. The highest BCUT2D eigenvalue weighted by Gasteiger charge is 2.13. The summed E-state index contributed by atoms with van der Waals surface area (Å²) in [6, 6.07) is 16.4. The average Bonchev–Trinajstić information content (AvgIpc) is 3.10. The van der Waals surface area contributed by atoms with E-state index >= 15 is 0 Å².